The number of carbonyl (C=O) groups is 2. The maximum Gasteiger partial charge on any atom is 0.303 e. The van der Waals surface area contributed by atoms with Crippen molar-refractivity contribution in [3.63, 3.8) is 0 Å². The number of carbonyl (C=O) groups excluding carboxylic acids is 1. The Bertz CT molecular complexity index is 334. The monoisotopic (exact) mass is 298 g/mol. The van der Waals surface area contributed by atoms with E-state index >= 15 is 0 Å². The van der Waals surface area contributed by atoms with Gasteiger partial charge in [0.15, 0.2) is 0 Å². The molecule has 0 radical (unpaired) electrons. The minimum Gasteiger partial charge on any atom is -0.481 e. The molecule has 0 unspecified atom stereocenters. The fourth-order valence-corrected chi connectivity index (χ4v) is 3.16. The van der Waals surface area contributed by atoms with E-state index in [9.17, 15) is 9.59 Å². The standard InChI is InChI=1S/C16H30N2O3/c1-3-18(4-2)15(21)16(11-7-5-8-12-16)17-13-9-6-10-14(19)20/h17H,3-13H2,1-2H3,(H,19,20). The van der Waals surface area contributed by atoms with Crippen LogP contribution >= 0.6 is 0 Å². The summed E-state index contributed by atoms with van der Waals surface area (Å²) in [6.07, 6.45) is 6.87. The summed E-state index contributed by atoms with van der Waals surface area (Å²) in [6.45, 7) is 6.26. The van der Waals surface area contributed by atoms with Crippen LogP contribution < -0.4 is 5.32 Å². The Balaban J connectivity index is 2.57. The molecule has 1 aliphatic carbocycles. The highest BCUT2D eigenvalue weighted by Gasteiger charge is 2.40. The van der Waals surface area contributed by atoms with Crippen LogP contribution in [0.15, 0.2) is 0 Å². The van der Waals surface area contributed by atoms with E-state index in [1.54, 1.807) is 0 Å². The Morgan fingerprint density at radius 3 is 2.24 bits per heavy atom. The number of nitrogens with zero attached hydrogens (tertiary/aromatic N) is 1. The maximum absolute atomic E-state index is 12.8. The van der Waals surface area contributed by atoms with Crippen LogP contribution in [0.4, 0.5) is 0 Å². The lowest BCUT2D eigenvalue weighted by atomic mass is 9.80. The Morgan fingerprint density at radius 1 is 1.10 bits per heavy atom. The molecular formula is C16H30N2O3. The number of carboxylic acid groups (broad SMARTS) is 1. The predicted molar refractivity (Wildman–Crippen MR) is 83.2 cm³/mol. The van der Waals surface area contributed by atoms with Crippen LogP contribution in [0, 0.1) is 0 Å². The van der Waals surface area contributed by atoms with Gasteiger partial charge >= 0.3 is 5.97 Å². The molecule has 0 aromatic heterocycles. The number of hydrogen-bond donors (Lipinski definition) is 2. The summed E-state index contributed by atoms with van der Waals surface area (Å²) in [6, 6.07) is 0. The Labute approximate surface area is 128 Å². The second-order valence-corrected chi connectivity index (χ2v) is 5.90. The van der Waals surface area contributed by atoms with E-state index in [0.29, 0.717) is 6.42 Å². The SMILES string of the molecule is CCN(CC)C(=O)C1(NCCCCC(=O)O)CCCCC1. The largest absolute Gasteiger partial charge is 0.481 e. The first-order valence-corrected chi connectivity index (χ1v) is 8.32. The van der Waals surface area contributed by atoms with Crippen molar-refractivity contribution in [2.45, 2.75) is 70.8 Å². The minimum atomic E-state index is -0.749. The molecule has 5 nitrogen and oxygen atoms in total. The van der Waals surface area contributed by atoms with Gasteiger partial charge in [-0.05, 0) is 46.1 Å². The summed E-state index contributed by atoms with van der Waals surface area (Å²) in [4.78, 5) is 25.3. The Morgan fingerprint density at radius 2 is 1.71 bits per heavy atom. The summed E-state index contributed by atoms with van der Waals surface area (Å²) >= 11 is 0. The van der Waals surface area contributed by atoms with Gasteiger partial charge in [0.25, 0.3) is 0 Å². The predicted octanol–water partition coefficient (Wildman–Crippen LogP) is 2.40. The van der Waals surface area contributed by atoms with Gasteiger partial charge in [-0.2, -0.15) is 0 Å². The van der Waals surface area contributed by atoms with E-state index in [2.05, 4.69) is 5.32 Å². The van der Waals surface area contributed by atoms with Crippen molar-refractivity contribution in [1.29, 1.82) is 0 Å². The quantitative estimate of drug-likeness (QED) is 0.641. The zero-order chi connectivity index (χ0) is 15.7. The molecule has 0 aromatic rings. The summed E-state index contributed by atoms with van der Waals surface area (Å²) in [5.74, 6) is -0.521. The van der Waals surface area contributed by atoms with Crippen molar-refractivity contribution in [3.05, 3.63) is 0 Å². The summed E-state index contributed by atoms with van der Waals surface area (Å²) in [5.41, 5.74) is -0.409. The first-order chi connectivity index (χ1) is 10.1. The molecule has 1 saturated carbocycles. The topological polar surface area (TPSA) is 69.6 Å². The number of aliphatic carboxylic acids is 1. The molecule has 5 heteroatoms. The molecule has 122 valence electrons. The second-order valence-electron chi connectivity index (χ2n) is 5.90. The molecule has 0 atom stereocenters. The first kappa shape index (κ1) is 18.0. The molecule has 0 aromatic carbocycles. The average molecular weight is 298 g/mol. The van der Waals surface area contributed by atoms with E-state index in [-0.39, 0.29) is 12.3 Å². The van der Waals surface area contributed by atoms with E-state index in [4.69, 9.17) is 5.11 Å². The summed E-state index contributed by atoms with van der Waals surface area (Å²) < 4.78 is 0. The number of likely N-dealkylation sites (N-methyl/N-ethyl adjacent to an activating group) is 1. The number of nitrogens with one attached hydrogen (secondary N) is 1. The van der Waals surface area contributed by atoms with Crippen molar-refractivity contribution < 1.29 is 14.7 Å². The maximum atomic E-state index is 12.8. The summed E-state index contributed by atoms with van der Waals surface area (Å²) in [7, 11) is 0. The fourth-order valence-electron chi connectivity index (χ4n) is 3.16. The van der Waals surface area contributed by atoms with Gasteiger partial charge in [-0.1, -0.05) is 19.3 Å². The molecule has 0 heterocycles. The zero-order valence-corrected chi connectivity index (χ0v) is 13.5. The molecule has 1 amide bonds. The molecule has 1 rings (SSSR count). The average Bonchev–Trinajstić information content (AvgIpc) is 2.48. The van der Waals surface area contributed by atoms with Crippen molar-refractivity contribution in [3.8, 4) is 0 Å². The molecule has 1 aliphatic rings. The highest BCUT2D eigenvalue weighted by Crippen LogP contribution is 2.30. The molecule has 21 heavy (non-hydrogen) atoms. The minimum absolute atomic E-state index is 0.207. The van der Waals surface area contributed by atoms with Gasteiger partial charge in [-0.25, -0.2) is 0 Å². The summed E-state index contributed by atoms with van der Waals surface area (Å²) in [5, 5.41) is 12.1. The highest BCUT2D eigenvalue weighted by molar-refractivity contribution is 5.86. The fraction of sp³-hybridized carbons (Fsp3) is 0.875. The Hall–Kier alpha value is -1.10. The number of hydrogen-bond acceptors (Lipinski definition) is 3. The van der Waals surface area contributed by atoms with Gasteiger partial charge in [0.2, 0.25) is 5.91 Å². The van der Waals surface area contributed by atoms with Crippen molar-refractivity contribution >= 4 is 11.9 Å². The van der Waals surface area contributed by atoms with Crippen molar-refractivity contribution in [2.75, 3.05) is 19.6 Å². The third-order valence-electron chi connectivity index (χ3n) is 4.45. The van der Waals surface area contributed by atoms with Crippen molar-refractivity contribution in [2.24, 2.45) is 0 Å². The van der Waals surface area contributed by atoms with E-state index in [1.807, 2.05) is 18.7 Å². The zero-order valence-electron chi connectivity index (χ0n) is 13.5. The smallest absolute Gasteiger partial charge is 0.303 e. The van der Waals surface area contributed by atoms with E-state index in [1.165, 1.54) is 6.42 Å². The lowest BCUT2D eigenvalue weighted by molar-refractivity contribution is -0.140. The first-order valence-electron chi connectivity index (χ1n) is 8.32. The van der Waals surface area contributed by atoms with Crippen molar-refractivity contribution in [1.82, 2.24) is 10.2 Å². The van der Waals surface area contributed by atoms with Crippen LogP contribution in [0.3, 0.4) is 0 Å². The van der Waals surface area contributed by atoms with Crippen LogP contribution in [0.2, 0.25) is 0 Å². The third-order valence-corrected chi connectivity index (χ3v) is 4.45. The normalized spacial score (nSPS) is 17.4. The number of unbranched alkanes of at least 4 members (excludes halogenated alkanes) is 1. The molecule has 2 N–H and O–H groups in total. The van der Waals surface area contributed by atoms with Gasteiger partial charge in [-0.3, -0.25) is 9.59 Å². The van der Waals surface area contributed by atoms with Gasteiger partial charge in [-0.15, -0.1) is 0 Å². The van der Waals surface area contributed by atoms with Crippen LogP contribution in [-0.2, 0) is 9.59 Å². The Kier molecular flexibility index (Phi) is 7.72. The molecular weight excluding hydrogens is 268 g/mol. The van der Waals surface area contributed by atoms with Gasteiger partial charge < -0.3 is 15.3 Å². The molecule has 0 bridgehead atoms. The molecule has 0 spiro atoms. The van der Waals surface area contributed by atoms with Gasteiger partial charge in [0, 0.05) is 19.5 Å². The van der Waals surface area contributed by atoms with E-state index < -0.39 is 11.5 Å². The lowest BCUT2D eigenvalue weighted by Gasteiger charge is -2.40. The lowest BCUT2D eigenvalue weighted by Crippen LogP contribution is -2.59. The molecule has 0 aliphatic heterocycles. The number of rotatable bonds is 9. The second kappa shape index (κ2) is 9.03. The highest BCUT2D eigenvalue weighted by atomic mass is 16.4. The molecule has 1 fully saturated rings. The number of amides is 1. The van der Waals surface area contributed by atoms with Crippen LogP contribution in [0.25, 0.3) is 0 Å². The van der Waals surface area contributed by atoms with Crippen LogP contribution in [0.5, 0.6) is 0 Å². The van der Waals surface area contributed by atoms with Crippen LogP contribution in [0.1, 0.15) is 65.2 Å². The van der Waals surface area contributed by atoms with E-state index in [0.717, 1.165) is 51.7 Å². The molecule has 0 saturated heterocycles. The van der Waals surface area contributed by atoms with Crippen LogP contribution in [-0.4, -0.2) is 47.1 Å². The van der Waals surface area contributed by atoms with Gasteiger partial charge in [0.05, 0.1) is 5.54 Å². The van der Waals surface area contributed by atoms with Gasteiger partial charge in [0.1, 0.15) is 0 Å². The number of carboxylic acids is 1. The third kappa shape index (κ3) is 5.30.